The molecular formula is C22H26N2O9. The number of carbonyl (C=O) groups excluding carboxylic acids is 3. The van der Waals surface area contributed by atoms with Crippen LogP contribution in [0.3, 0.4) is 0 Å². The lowest BCUT2D eigenvalue weighted by Gasteiger charge is -2.45. The highest BCUT2D eigenvalue weighted by molar-refractivity contribution is 6.25. The number of phenols is 1. The van der Waals surface area contributed by atoms with E-state index in [9.17, 15) is 45.0 Å². The van der Waals surface area contributed by atoms with Crippen LogP contribution >= 0.6 is 0 Å². The van der Waals surface area contributed by atoms with Crippen molar-refractivity contribution in [2.24, 2.45) is 11.7 Å². The number of nitrogens with zero attached hydrogens (tertiary/aromatic N) is 1. The number of aliphatic hydroxyl groups excluding tert-OH is 4. The second kappa shape index (κ2) is 8.27. The van der Waals surface area contributed by atoms with Crippen LogP contribution in [-0.2, 0) is 20.0 Å². The summed E-state index contributed by atoms with van der Waals surface area (Å²) in [7, 11) is 2.77. The van der Waals surface area contributed by atoms with E-state index in [4.69, 9.17) is 5.73 Å². The van der Waals surface area contributed by atoms with Gasteiger partial charge >= 0.3 is 0 Å². The lowest BCUT2D eigenvalue weighted by molar-refractivity contribution is -0.132. The Balaban J connectivity index is 2.38. The zero-order valence-electron chi connectivity index (χ0n) is 18.2. The summed E-state index contributed by atoms with van der Waals surface area (Å²) < 4.78 is 0. The maximum absolute atomic E-state index is 13.1. The van der Waals surface area contributed by atoms with Gasteiger partial charge in [0.2, 0.25) is 0 Å². The van der Waals surface area contributed by atoms with E-state index in [0.717, 1.165) is 0 Å². The number of Topliss-reactive ketones (excluding diaryl/α,β-unsaturated/α-hetero) is 2. The molecule has 0 aromatic heterocycles. The number of aromatic hydroxyl groups is 1. The highest BCUT2D eigenvalue weighted by Gasteiger charge is 2.54. The standard InChI is InChI=1S/C22H26N2O9/c1-22(33)8-5-4-6-9(25)12(8)17(28)13-10(26)7-11(27)14(21(23)32)18(29)16(24(2)3)20(31)19(30)15(13)22/h4-6,15-16,19-20,25,28-31,33H,7H2,1-3H3,(H2,23,32)/b18-14-/t15-,16?,19+,20?,22-/m1/s1. The molecule has 0 aliphatic heterocycles. The molecule has 178 valence electrons. The molecule has 8 N–H and O–H groups in total. The Kier molecular flexibility index (Phi) is 6.11. The molecule has 2 aliphatic carbocycles. The SMILES string of the molecule is CN(C)C1/C(O)=C(/C(N)=O)C(=O)CC(=O)C2=C(O)c3c(O)cccc3[C@@](C)(O)[C@H]2[C@H](O)C1O. The predicted octanol–water partition coefficient (Wildman–Crippen LogP) is -1.01. The number of likely N-dealkylation sites (N-methyl/N-ethyl adjacent to an activating group) is 1. The van der Waals surface area contributed by atoms with E-state index < -0.39 is 82.1 Å². The third-order valence-corrected chi connectivity index (χ3v) is 6.25. The van der Waals surface area contributed by atoms with E-state index in [1.54, 1.807) is 0 Å². The first kappa shape index (κ1) is 24.4. The molecule has 11 heteroatoms. The zero-order valence-corrected chi connectivity index (χ0v) is 18.2. The molecule has 0 spiro atoms. The number of hydrogen-bond acceptors (Lipinski definition) is 10. The number of primary amides is 1. The fraction of sp³-hybridized carbons (Fsp3) is 0.409. The van der Waals surface area contributed by atoms with E-state index >= 15 is 0 Å². The van der Waals surface area contributed by atoms with Gasteiger partial charge in [-0.3, -0.25) is 19.3 Å². The van der Waals surface area contributed by atoms with Crippen molar-refractivity contribution in [1.82, 2.24) is 4.90 Å². The number of fused-ring (bicyclic) bond motifs is 2. The van der Waals surface area contributed by atoms with Gasteiger partial charge in [-0.2, -0.15) is 0 Å². The molecule has 2 aliphatic rings. The van der Waals surface area contributed by atoms with Crippen molar-refractivity contribution in [2.45, 2.75) is 37.2 Å². The number of nitrogens with two attached hydrogens (primary N) is 1. The van der Waals surface area contributed by atoms with Crippen molar-refractivity contribution in [2.75, 3.05) is 14.1 Å². The van der Waals surface area contributed by atoms with Crippen LogP contribution in [0.1, 0.15) is 24.5 Å². The minimum atomic E-state index is -2.11. The number of benzene rings is 1. The first-order chi connectivity index (χ1) is 15.2. The molecule has 0 heterocycles. The monoisotopic (exact) mass is 462 g/mol. The van der Waals surface area contributed by atoms with Crippen LogP contribution in [0.2, 0.25) is 0 Å². The molecule has 1 aromatic carbocycles. The van der Waals surface area contributed by atoms with Crippen LogP contribution in [0.25, 0.3) is 5.76 Å². The van der Waals surface area contributed by atoms with E-state index in [1.807, 2.05) is 0 Å². The van der Waals surface area contributed by atoms with Crippen molar-refractivity contribution in [3.63, 3.8) is 0 Å². The van der Waals surface area contributed by atoms with Crippen LogP contribution < -0.4 is 5.73 Å². The first-order valence-electron chi connectivity index (χ1n) is 10.0. The van der Waals surface area contributed by atoms with Gasteiger partial charge < -0.3 is 36.4 Å². The van der Waals surface area contributed by atoms with Gasteiger partial charge in [0, 0.05) is 5.57 Å². The van der Waals surface area contributed by atoms with Gasteiger partial charge in [0.05, 0.1) is 35.6 Å². The van der Waals surface area contributed by atoms with E-state index in [1.165, 1.54) is 44.1 Å². The normalized spacial score (nSPS) is 33.1. The summed E-state index contributed by atoms with van der Waals surface area (Å²) in [6, 6.07) is 2.42. The average molecular weight is 462 g/mol. The van der Waals surface area contributed by atoms with Crippen LogP contribution in [0, 0.1) is 5.92 Å². The molecule has 0 fully saturated rings. The van der Waals surface area contributed by atoms with Gasteiger partial charge in [-0.15, -0.1) is 0 Å². The summed E-state index contributed by atoms with van der Waals surface area (Å²) in [6.45, 7) is 1.22. The minimum Gasteiger partial charge on any atom is -0.510 e. The first-order valence-corrected chi connectivity index (χ1v) is 10.0. The number of ketones is 2. The highest BCUT2D eigenvalue weighted by atomic mass is 16.3. The van der Waals surface area contributed by atoms with Gasteiger partial charge in [0.1, 0.15) is 28.9 Å². The summed E-state index contributed by atoms with van der Waals surface area (Å²) in [5, 5.41) is 65.5. The molecule has 11 nitrogen and oxygen atoms in total. The summed E-state index contributed by atoms with van der Waals surface area (Å²) in [5.41, 5.74) is 1.28. The number of carbonyl (C=O) groups is 3. The molecular weight excluding hydrogens is 436 g/mol. The minimum absolute atomic E-state index is 0.0322. The second-order valence-electron chi connectivity index (χ2n) is 8.62. The van der Waals surface area contributed by atoms with Gasteiger partial charge in [0.25, 0.3) is 5.91 Å². The number of amides is 1. The molecule has 33 heavy (non-hydrogen) atoms. The quantitative estimate of drug-likeness (QED) is 0.211. The Morgan fingerprint density at radius 2 is 1.70 bits per heavy atom. The van der Waals surface area contributed by atoms with Gasteiger partial charge in [-0.25, -0.2) is 0 Å². The number of hydrogen-bond donors (Lipinski definition) is 7. The number of phenolic OH excluding ortho intramolecular Hbond substituents is 1. The molecule has 5 atom stereocenters. The van der Waals surface area contributed by atoms with Crippen molar-refractivity contribution >= 4 is 23.2 Å². The fourth-order valence-corrected chi connectivity index (χ4v) is 4.73. The Morgan fingerprint density at radius 3 is 2.24 bits per heavy atom. The molecule has 0 saturated carbocycles. The maximum atomic E-state index is 13.1. The van der Waals surface area contributed by atoms with Gasteiger partial charge in [-0.1, -0.05) is 12.1 Å². The molecule has 1 amide bonds. The summed E-state index contributed by atoms with van der Waals surface area (Å²) in [5.74, 6) is -7.51. The van der Waals surface area contributed by atoms with Crippen LogP contribution in [0.15, 0.2) is 35.1 Å². The summed E-state index contributed by atoms with van der Waals surface area (Å²) >= 11 is 0. The number of aliphatic hydroxyl groups is 5. The Labute approximate surface area is 188 Å². The van der Waals surface area contributed by atoms with Crippen molar-refractivity contribution in [3.8, 4) is 5.75 Å². The van der Waals surface area contributed by atoms with Gasteiger partial charge in [0.15, 0.2) is 11.6 Å². The topological polar surface area (TPSA) is 202 Å². The van der Waals surface area contributed by atoms with Crippen LogP contribution in [0.5, 0.6) is 5.75 Å². The van der Waals surface area contributed by atoms with E-state index in [0.29, 0.717) is 0 Å². The van der Waals surface area contributed by atoms with E-state index in [-0.39, 0.29) is 11.1 Å². The Bertz CT molecular complexity index is 1100. The summed E-state index contributed by atoms with van der Waals surface area (Å²) in [4.78, 5) is 39.1. The molecule has 1 aromatic rings. The number of rotatable bonds is 2. The van der Waals surface area contributed by atoms with Gasteiger partial charge in [-0.05, 0) is 32.6 Å². The lowest BCUT2D eigenvalue weighted by atomic mass is 9.65. The van der Waals surface area contributed by atoms with Crippen LogP contribution in [0.4, 0.5) is 0 Å². The Morgan fingerprint density at radius 1 is 1.09 bits per heavy atom. The highest BCUT2D eigenvalue weighted by Crippen LogP contribution is 2.50. The smallest absolute Gasteiger partial charge is 0.255 e. The molecule has 0 radical (unpaired) electrons. The van der Waals surface area contributed by atoms with Crippen molar-refractivity contribution in [3.05, 3.63) is 46.2 Å². The third-order valence-electron chi connectivity index (χ3n) is 6.25. The molecule has 0 bridgehead atoms. The summed E-state index contributed by atoms with van der Waals surface area (Å²) in [6.07, 6.45) is -5.00. The van der Waals surface area contributed by atoms with E-state index in [2.05, 4.69) is 0 Å². The predicted molar refractivity (Wildman–Crippen MR) is 114 cm³/mol. The van der Waals surface area contributed by atoms with Crippen LogP contribution in [-0.4, -0.2) is 85.4 Å². The molecule has 0 saturated heterocycles. The van der Waals surface area contributed by atoms with Crippen molar-refractivity contribution < 1.29 is 45.0 Å². The third kappa shape index (κ3) is 3.68. The maximum Gasteiger partial charge on any atom is 0.255 e. The Hall–Kier alpha value is -3.25. The fourth-order valence-electron chi connectivity index (χ4n) is 4.73. The average Bonchev–Trinajstić information content (AvgIpc) is 2.68. The molecule has 2 unspecified atom stereocenters. The largest absolute Gasteiger partial charge is 0.510 e. The van der Waals surface area contributed by atoms with Crippen molar-refractivity contribution in [1.29, 1.82) is 0 Å². The molecule has 3 rings (SSSR count). The zero-order chi connectivity index (χ0) is 25.0. The second-order valence-corrected chi connectivity index (χ2v) is 8.62. The lowest BCUT2D eigenvalue weighted by Crippen LogP contribution is -2.56.